The molecule has 0 aliphatic heterocycles. The van der Waals surface area contributed by atoms with E-state index in [9.17, 15) is 15.0 Å². The van der Waals surface area contributed by atoms with E-state index in [0.717, 1.165) is 43.6 Å². The Balaban J connectivity index is 2.13. The van der Waals surface area contributed by atoms with Crippen LogP contribution in [0, 0.1) is 5.41 Å². The van der Waals surface area contributed by atoms with Crippen molar-refractivity contribution in [2.45, 2.75) is 39.2 Å². The molecule has 0 saturated heterocycles. The highest BCUT2D eigenvalue weighted by molar-refractivity contribution is 6.01. The van der Waals surface area contributed by atoms with Crippen LogP contribution in [-0.4, -0.2) is 32.3 Å². The van der Waals surface area contributed by atoms with Crippen molar-refractivity contribution >= 4 is 17.0 Å². The standard InChI is InChI=1S/C16H20N2O3/c1-2-4-13-17-14-11(15(20)21)5-3-6-12(14)18(13)9-16(10-19)7-8-16/h3,5-6,19H,2,4,7-10H2,1H3,(H,20,21). The van der Waals surface area contributed by atoms with Crippen molar-refractivity contribution < 1.29 is 15.0 Å². The summed E-state index contributed by atoms with van der Waals surface area (Å²) in [5.74, 6) is -0.0301. The summed E-state index contributed by atoms with van der Waals surface area (Å²) in [6.07, 6.45) is 3.81. The summed E-state index contributed by atoms with van der Waals surface area (Å²) >= 11 is 0. The molecule has 0 spiro atoms. The average molecular weight is 288 g/mol. The van der Waals surface area contributed by atoms with Crippen molar-refractivity contribution in [1.29, 1.82) is 0 Å². The maximum Gasteiger partial charge on any atom is 0.337 e. The molecule has 2 N–H and O–H groups in total. The normalized spacial score (nSPS) is 16.3. The highest BCUT2D eigenvalue weighted by Crippen LogP contribution is 2.47. The lowest BCUT2D eigenvalue weighted by atomic mass is 10.1. The van der Waals surface area contributed by atoms with Crippen molar-refractivity contribution in [1.82, 2.24) is 9.55 Å². The van der Waals surface area contributed by atoms with Gasteiger partial charge >= 0.3 is 5.97 Å². The van der Waals surface area contributed by atoms with Crippen molar-refractivity contribution in [3.63, 3.8) is 0 Å². The molecule has 21 heavy (non-hydrogen) atoms. The molecule has 3 rings (SSSR count). The molecule has 1 aromatic heterocycles. The molecular weight excluding hydrogens is 268 g/mol. The Morgan fingerprint density at radius 3 is 2.76 bits per heavy atom. The molecule has 0 unspecified atom stereocenters. The number of nitrogens with zero attached hydrogens (tertiary/aromatic N) is 2. The number of carboxylic acids is 1. The van der Waals surface area contributed by atoms with E-state index in [1.807, 2.05) is 6.07 Å². The van der Waals surface area contributed by atoms with Crippen LogP contribution in [0.2, 0.25) is 0 Å². The first kappa shape index (κ1) is 14.1. The lowest BCUT2D eigenvalue weighted by Gasteiger charge is -2.15. The molecule has 2 aromatic rings. The minimum absolute atomic E-state index is 0.0324. The number of rotatable bonds is 6. The third kappa shape index (κ3) is 2.42. The third-order valence-corrected chi connectivity index (χ3v) is 4.35. The molecule has 112 valence electrons. The zero-order valence-corrected chi connectivity index (χ0v) is 12.2. The fraction of sp³-hybridized carbons (Fsp3) is 0.500. The quantitative estimate of drug-likeness (QED) is 0.856. The van der Waals surface area contributed by atoms with Gasteiger partial charge < -0.3 is 14.8 Å². The van der Waals surface area contributed by atoms with Crippen LogP contribution in [0.1, 0.15) is 42.4 Å². The molecule has 1 heterocycles. The first-order valence-electron chi connectivity index (χ1n) is 7.42. The molecule has 1 saturated carbocycles. The fourth-order valence-corrected chi connectivity index (χ4v) is 2.84. The van der Waals surface area contributed by atoms with Crippen LogP contribution in [-0.2, 0) is 13.0 Å². The van der Waals surface area contributed by atoms with Gasteiger partial charge in [-0.3, -0.25) is 0 Å². The number of aromatic nitrogens is 2. The number of para-hydroxylation sites is 1. The van der Waals surface area contributed by atoms with Crippen LogP contribution in [0.4, 0.5) is 0 Å². The number of hydrogen-bond acceptors (Lipinski definition) is 3. The zero-order chi connectivity index (χ0) is 15.0. The number of imidazole rings is 1. The van der Waals surface area contributed by atoms with Gasteiger partial charge in [-0.1, -0.05) is 13.0 Å². The van der Waals surface area contributed by atoms with Gasteiger partial charge in [0.25, 0.3) is 0 Å². The number of carboxylic acid groups (broad SMARTS) is 1. The number of aromatic carboxylic acids is 1. The summed E-state index contributed by atoms with van der Waals surface area (Å²) in [5.41, 5.74) is 1.63. The lowest BCUT2D eigenvalue weighted by molar-refractivity contribution is 0.0699. The van der Waals surface area contributed by atoms with Crippen molar-refractivity contribution in [3.05, 3.63) is 29.6 Å². The molecule has 5 heteroatoms. The molecule has 0 atom stereocenters. The van der Waals surface area contributed by atoms with Crippen molar-refractivity contribution in [3.8, 4) is 0 Å². The highest BCUT2D eigenvalue weighted by atomic mass is 16.4. The van der Waals surface area contributed by atoms with Gasteiger partial charge in [-0.05, 0) is 31.4 Å². The molecule has 0 radical (unpaired) electrons. The first-order chi connectivity index (χ1) is 10.1. The summed E-state index contributed by atoms with van der Waals surface area (Å²) in [6, 6.07) is 5.27. The number of aryl methyl sites for hydroxylation is 1. The van der Waals surface area contributed by atoms with E-state index in [0.29, 0.717) is 5.52 Å². The molecular formula is C16H20N2O3. The smallest absolute Gasteiger partial charge is 0.337 e. The fourth-order valence-electron chi connectivity index (χ4n) is 2.84. The van der Waals surface area contributed by atoms with Gasteiger partial charge in [0.1, 0.15) is 11.3 Å². The molecule has 5 nitrogen and oxygen atoms in total. The molecule has 0 amide bonds. The summed E-state index contributed by atoms with van der Waals surface area (Å²) < 4.78 is 2.11. The predicted molar refractivity (Wildman–Crippen MR) is 79.4 cm³/mol. The summed E-state index contributed by atoms with van der Waals surface area (Å²) in [7, 11) is 0. The summed E-state index contributed by atoms with van der Waals surface area (Å²) in [5, 5.41) is 18.9. The van der Waals surface area contributed by atoms with Gasteiger partial charge in [-0.2, -0.15) is 0 Å². The molecule has 1 fully saturated rings. The van der Waals surface area contributed by atoms with Crippen LogP contribution < -0.4 is 0 Å². The van der Waals surface area contributed by atoms with Crippen LogP contribution in [0.25, 0.3) is 11.0 Å². The second-order valence-corrected chi connectivity index (χ2v) is 6.00. The SMILES string of the molecule is CCCc1nc2c(C(=O)O)cccc2n1CC1(CO)CC1. The second-order valence-electron chi connectivity index (χ2n) is 6.00. The second kappa shape index (κ2) is 5.15. The maximum atomic E-state index is 11.4. The van der Waals surface area contributed by atoms with E-state index >= 15 is 0 Å². The first-order valence-corrected chi connectivity index (χ1v) is 7.42. The third-order valence-electron chi connectivity index (χ3n) is 4.35. The van der Waals surface area contributed by atoms with Gasteiger partial charge in [0, 0.05) is 18.4 Å². The average Bonchev–Trinajstić information content (AvgIpc) is 3.17. The van der Waals surface area contributed by atoms with Gasteiger partial charge in [0.2, 0.25) is 0 Å². The van der Waals surface area contributed by atoms with Crippen molar-refractivity contribution in [2.24, 2.45) is 5.41 Å². The van der Waals surface area contributed by atoms with Crippen LogP contribution in [0.5, 0.6) is 0 Å². The summed E-state index contributed by atoms with van der Waals surface area (Å²) in [4.78, 5) is 15.9. The number of benzene rings is 1. The zero-order valence-electron chi connectivity index (χ0n) is 12.2. The topological polar surface area (TPSA) is 75.3 Å². The van der Waals surface area contributed by atoms with E-state index in [1.54, 1.807) is 12.1 Å². The Morgan fingerprint density at radius 1 is 1.43 bits per heavy atom. The maximum absolute atomic E-state index is 11.4. The molecule has 1 aromatic carbocycles. The van der Waals surface area contributed by atoms with E-state index in [4.69, 9.17) is 0 Å². The van der Waals surface area contributed by atoms with Crippen LogP contribution in [0.3, 0.4) is 0 Å². The molecule has 0 bridgehead atoms. The van der Waals surface area contributed by atoms with Gasteiger partial charge in [-0.15, -0.1) is 0 Å². The van der Waals surface area contributed by atoms with E-state index in [2.05, 4.69) is 16.5 Å². The van der Waals surface area contributed by atoms with Gasteiger partial charge in [0.05, 0.1) is 17.7 Å². The largest absolute Gasteiger partial charge is 0.478 e. The Morgan fingerprint density at radius 2 is 2.19 bits per heavy atom. The Hall–Kier alpha value is -1.88. The van der Waals surface area contributed by atoms with Crippen LogP contribution in [0.15, 0.2) is 18.2 Å². The van der Waals surface area contributed by atoms with Gasteiger partial charge in [0.15, 0.2) is 0 Å². The minimum atomic E-state index is -0.948. The molecule has 1 aliphatic rings. The van der Waals surface area contributed by atoms with E-state index < -0.39 is 5.97 Å². The van der Waals surface area contributed by atoms with Crippen molar-refractivity contribution in [2.75, 3.05) is 6.61 Å². The van der Waals surface area contributed by atoms with Crippen LogP contribution >= 0.6 is 0 Å². The Bertz CT molecular complexity index is 686. The lowest BCUT2D eigenvalue weighted by Crippen LogP contribution is -2.17. The van der Waals surface area contributed by atoms with E-state index in [-0.39, 0.29) is 17.6 Å². The van der Waals surface area contributed by atoms with E-state index in [1.165, 1.54) is 0 Å². The number of carbonyl (C=O) groups is 1. The van der Waals surface area contributed by atoms with Gasteiger partial charge in [-0.25, -0.2) is 9.78 Å². The Kier molecular flexibility index (Phi) is 3.45. The number of aliphatic hydroxyl groups is 1. The summed E-state index contributed by atoms with van der Waals surface area (Å²) in [6.45, 7) is 2.98. The monoisotopic (exact) mass is 288 g/mol. The number of fused-ring (bicyclic) bond motifs is 1. The number of aliphatic hydroxyl groups excluding tert-OH is 1. The Labute approximate surface area is 123 Å². The highest BCUT2D eigenvalue weighted by Gasteiger charge is 2.43. The minimum Gasteiger partial charge on any atom is -0.478 e. The molecule has 1 aliphatic carbocycles. The number of hydrogen-bond donors (Lipinski definition) is 2. The predicted octanol–water partition coefficient (Wildman–Crippen LogP) is 2.46.